The minimum Gasteiger partial charge on any atom is -0.494 e. The standard InChI is InChI=1S/C28H25NO3/c1-2-32-22-15-13-21(14-16-22)29-27(30)25-23(19-9-5-3-6-10-19)17-18-24(26(25)28(29)31)20-11-7-4-8-12-20/h3-18,23-26H,2H2,1H3/t23-,24-,25-,26+/m0/s1. The summed E-state index contributed by atoms with van der Waals surface area (Å²) in [7, 11) is 0. The lowest BCUT2D eigenvalue weighted by molar-refractivity contribution is -0.122. The molecule has 32 heavy (non-hydrogen) atoms. The summed E-state index contributed by atoms with van der Waals surface area (Å²) in [4.78, 5) is 28.9. The van der Waals surface area contributed by atoms with Crippen molar-refractivity contribution in [3.05, 3.63) is 108 Å². The molecule has 1 heterocycles. The van der Waals surface area contributed by atoms with Gasteiger partial charge in [0.05, 0.1) is 24.1 Å². The molecule has 0 saturated carbocycles. The van der Waals surface area contributed by atoms with E-state index in [2.05, 4.69) is 12.2 Å². The Bertz CT molecular complexity index is 1070. The Kier molecular flexibility index (Phi) is 5.36. The molecule has 4 atom stereocenters. The average molecular weight is 424 g/mol. The van der Waals surface area contributed by atoms with Crippen molar-refractivity contribution in [1.29, 1.82) is 0 Å². The van der Waals surface area contributed by atoms with Crippen molar-refractivity contribution >= 4 is 17.5 Å². The summed E-state index contributed by atoms with van der Waals surface area (Å²) in [5.74, 6) is -0.695. The zero-order valence-electron chi connectivity index (χ0n) is 17.9. The lowest BCUT2D eigenvalue weighted by atomic mass is 9.68. The molecule has 1 aliphatic carbocycles. The number of ether oxygens (including phenoxy) is 1. The predicted octanol–water partition coefficient (Wildman–Crippen LogP) is 5.33. The number of imide groups is 1. The summed E-state index contributed by atoms with van der Waals surface area (Å²) in [6, 6.07) is 27.2. The molecule has 0 radical (unpaired) electrons. The van der Waals surface area contributed by atoms with Crippen molar-refractivity contribution in [3.63, 3.8) is 0 Å². The number of nitrogens with zero attached hydrogens (tertiary/aromatic N) is 1. The largest absolute Gasteiger partial charge is 0.494 e. The normalized spacial score (nSPS) is 24.5. The fraction of sp³-hybridized carbons (Fsp3) is 0.214. The third-order valence-electron chi connectivity index (χ3n) is 6.47. The number of anilines is 1. The molecule has 0 aromatic heterocycles. The number of rotatable bonds is 5. The first kappa shape index (κ1) is 20.3. The van der Waals surface area contributed by atoms with E-state index in [1.54, 1.807) is 12.1 Å². The molecule has 1 fully saturated rings. The van der Waals surface area contributed by atoms with Gasteiger partial charge in [-0.1, -0.05) is 72.8 Å². The molecular formula is C28H25NO3. The van der Waals surface area contributed by atoms with E-state index in [9.17, 15) is 9.59 Å². The van der Waals surface area contributed by atoms with Crippen molar-refractivity contribution < 1.29 is 14.3 Å². The van der Waals surface area contributed by atoms with Gasteiger partial charge in [0, 0.05) is 11.8 Å². The molecular weight excluding hydrogens is 398 g/mol. The average Bonchev–Trinajstić information content (AvgIpc) is 3.11. The van der Waals surface area contributed by atoms with Crippen molar-refractivity contribution in [3.8, 4) is 5.75 Å². The van der Waals surface area contributed by atoms with Gasteiger partial charge in [0.2, 0.25) is 11.8 Å². The minimum atomic E-state index is -0.438. The smallest absolute Gasteiger partial charge is 0.238 e. The number of carbonyl (C=O) groups is 2. The maximum atomic E-state index is 13.8. The molecule has 0 bridgehead atoms. The van der Waals surface area contributed by atoms with E-state index in [0.29, 0.717) is 12.3 Å². The van der Waals surface area contributed by atoms with E-state index in [1.807, 2.05) is 79.7 Å². The Morgan fingerprint density at radius 2 is 1.16 bits per heavy atom. The van der Waals surface area contributed by atoms with Gasteiger partial charge in [-0.05, 0) is 42.3 Å². The molecule has 0 unspecified atom stereocenters. The molecule has 1 saturated heterocycles. The molecule has 3 aromatic rings. The number of fused-ring (bicyclic) bond motifs is 1. The summed E-state index contributed by atoms with van der Waals surface area (Å²) in [6.45, 7) is 2.49. The van der Waals surface area contributed by atoms with Crippen LogP contribution in [0.2, 0.25) is 0 Å². The summed E-state index contributed by atoms with van der Waals surface area (Å²) < 4.78 is 5.52. The van der Waals surface area contributed by atoms with Crippen LogP contribution in [-0.4, -0.2) is 18.4 Å². The maximum Gasteiger partial charge on any atom is 0.238 e. The fourth-order valence-electron chi connectivity index (χ4n) is 5.05. The van der Waals surface area contributed by atoms with Crippen LogP contribution in [0.3, 0.4) is 0 Å². The summed E-state index contributed by atoms with van der Waals surface area (Å²) in [6.07, 6.45) is 4.22. The first-order valence-corrected chi connectivity index (χ1v) is 11.1. The van der Waals surface area contributed by atoms with Crippen LogP contribution in [0.4, 0.5) is 5.69 Å². The van der Waals surface area contributed by atoms with Crippen molar-refractivity contribution in [2.75, 3.05) is 11.5 Å². The molecule has 5 rings (SSSR count). The van der Waals surface area contributed by atoms with Crippen molar-refractivity contribution in [2.24, 2.45) is 11.8 Å². The third kappa shape index (κ3) is 3.42. The Hall–Kier alpha value is -3.66. The highest BCUT2D eigenvalue weighted by molar-refractivity contribution is 6.23. The lowest BCUT2D eigenvalue weighted by Gasteiger charge is -2.32. The molecule has 0 spiro atoms. The van der Waals surface area contributed by atoms with Crippen LogP contribution in [0.1, 0.15) is 29.9 Å². The first-order valence-electron chi connectivity index (χ1n) is 11.1. The highest BCUT2D eigenvalue weighted by Crippen LogP contribution is 2.50. The van der Waals surface area contributed by atoms with Crippen LogP contribution >= 0.6 is 0 Å². The summed E-state index contributed by atoms with van der Waals surface area (Å²) in [5, 5.41) is 0. The van der Waals surface area contributed by atoms with E-state index >= 15 is 0 Å². The SMILES string of the molecule is CCOc1ccc(N2C(=O)[C@@H]3[C@H](C2=O)[C@H](c2ccccc2)C=C[C@H]3c2ccccc2)cc1. The van der Waals surface area contributed by atoms with Crippen LogP contribution < -0.4 is 9.64 Å². The molecule has 2 aliphatic rings. The van der Waals surface area contributed by atoms with Crippen LogP contribution in [0.15, 0.2) is 97.1 Å². The molecule has 2 amide bonds. The number of allylic oxidation sites excluding steroid dienone is 2. The predicted molar refractivity (Wildman–Crippen MR) is 125 cm³/mol. The Balaban J connectivity index is 1.58. The molecule has 1 aliphatic heterocycles. The van der Waals surface area contributed by atoms with Crippen molar-refractivity contribution in [1.82, 2.24) is 0 Å². The minimum absolute atomic E-state index is 0.134. The van der Waals surface area contributed by atoms with Gasteiger partial charge >= 0.3 is 0 Å². The third-order valence-corrected chi connectivity index (χ3v) is 6.47. The van der Waals surface area contributed by atoms with Gasteiger partial charge in [-0.15, -0.1) is 0 Å². The molecule has 160 valence electrons. The van der Waals surface area contributed by atoms with Gasteiger partial charge in [0.15, 0.2) is 0 Å². The van der Waals surface area contributed by atoms with E-state index in [-0.39, 0.29) is 23.7 Å². The number of benzene rings is 3. The van der Waals surface area contributed by atoms with E-state index in [0.717, 1.165) is 16.9 Å². The Morgan fingerprint density at radius 3 is 1.59 bits per heavy atom. The fourth-order valence-corrected chi connectivity index (χ4v) is 5.05. The van der Waals surface area contributed by atoms with Gasteiger partial charge in [0.1, 0.15) is 5.75 Å². The highest BCUT2D eigenvalue weighted by Gasteiger charge is 2.55. The van der Waals surface area contributed by atoms with Crippen LogP contribution in [0.25, 0.3) is 0 Å². The van der Waals surface area contributed by atoms with E-state index in [4.69, 9.17) is 4.74 Å². The highest BCUT2D eigenvalue weighted by atomic mass is 16.5. The van der Waals surface area contributed by atoms with E-state index < -0.39 is 11.8 Å². The van der Waals surface area contributed by atoms with Crippen LogP contribution in [0, 0.1) is 11.8 Å². The molecule has 3 aromatic carbocycles. The monoisotopic (exact) mass is 423 g/mol. The maximum absolute atomic E-state index is 13.8. The van der Waals surface area contributed by atoms with Gasteiger partial charge < -0.3 is 4.74 Å². The second-order valence-corrected chi connectivity index (χ2v) is 8.25. The Morgan fingerprint density at radius 1 is 0.688 bits per heavy atom. The first-order chi connectivity index (χ1) is 15.7. The van der Waals surface area contributed by atoms with Crippen LogP contribution in [0.5, 0.6) is 5.75 Å². The van der Waals surface area contributed by atoms with Gasteiger partial charge in [-0.3, -0.25) is 9.59 Å². The van der Waals surface area contributed by atoms with Gasteiger partial charge in [-0.25, -0.2) is 4.90 Å². The second-order valence-electron chi connectivity index (χ2n) is 8.25. The van der Waals surface area contributed by atoms with Crippen LogP contribution in [-0.2, 0) is 9.59 Å². The molecule has 0 N–H and O–H groups in total. The lowest BCUT2D eigenvalue weighted by Crippen LogP contribution is -2.31. The number of amides is 2. The quantitative estimate of drug-likeness (QED) is 0.412. The van der Waals surface area contributed by atoms with Gasteiger partial charge in [-0.2, -0.15) is 0 Å². The Labute approximate surface area is 188 Å². The van der Waals surface area contributed by atoms with Gasteiger partial charge in [0.25, 0.3) is 0 Å². The molecule has 4 heteroatoms. The second kappa shape index (κ2) is 8.46. The summed E-state index contributed by atoms with van der Waals surface area (Å²) in [5.41, 5.74) is 2.70. The zero-order valence-corrected chi connectivity index (χ0v) is 17.9. The number of hydrogen-bond donors (Lipinski definition) is 0. The zero-order chi connectivity index (χ0) is 22.1. The topological polar surface area (TPSA) is 46.6 Å². The molecule has 4 nitrogen and oxygen atoms in total. The number of hydrogen-bond acceptors (Lipinski definition) is 3. The van der Waals surface area contributed by atoms with Crippen molar-refractivity contribution in [2.45, 2.75) is 18.8 Å². The number of carbonyl (C=O) groups excluding carboxylic acids is 2. The summed E-state index contributed by atoms with van der Waals surface area (Å²) >= 11 is 0. The van der Waals surface area contributed by atoms with E-state index in [1.165, 1.54) is 4.90 Å².